The summed E-state index contributed by atoms with van der Waals surface area (Å²) in [7, 11) is 0. The van der Waals surface area contributed by atoms with Gasteiger partial charge in [-0.25, -0.2) is 33.1 Å². The van der Waals surface area contributed by atoms with Gasteiger partial charge in [-0.2, -0.15) is 0 Å². The molecule has 0 spiro atoms. The summed E-state index contributed by atoms with van der Waals surface area (Å²) < 4.78 is 41.1. The van der Waals surface area contributed by atoms with Crippen LogP contribution in [0.15, 0.2) is 37.1 Å². The van der Waals surface area contributed by atoms with Gasteiger partial charge in [-0.05, 0) is 12.1 Å². The Hall–Kier alpha value is -2.87. The second-order valence-electron chi connectivity index (χ2n) is 6.08. The topological polar surface area (TPSA) is 54.8 Å². The maximum atomic E-state index is 13.9. The van der Waals surface area contributed by atoms with Crippen molar-refractivity contribution in [3.63, 3.8) is 0 Å². The number of fused-ring (bicyclic) bond motifs is 1. The zero-order valence-corrected chi connectivity index (χ0v) is 13.7. The van der Waals surface area contributed by atoms with Gasteiger partial charge in [0.1, 0.15) is 12.1 Å². The van der Waals surface area contributed by atoms with E-state index >= 15 is 0 Å². The first-order valence-corrected chi connectivity index (χ1v) is 8.06. The highest BCUT2D eigenvalue weighted by molar-refractivity contribution is 5.52. The standard InChI is InChI=1S/C18H14F3N5/c19-14-1-2-15(20)17(21)13(14)9-26-4-3-16-12(8-26)7-24-18(25-16)11-5-22-10-23-6-11/h1-2,5-7,10H,3-4,8-9H2. The molecule has 0 saturated carbocycles. The molecule has 3 heterocycles. The molecule has 5 nitrogen and oxygen atoms in total. The van der Waals surface area contributed by atoms with Crippen molar-refractivity contribution in [1.29, 1.82) is 0 Å². The minimum atomic E-state index is -1.13. The number of hydrogen-bond donors (Lipinski definition) is 0. The summed E-state index contributed by atoms with van der Waals surface area (Å²) in [4.78, 5) is 18.6. The monoisotopic (exact) mass is 357 g/mol. The predicted octanol–water partition coefficient (Wildman–Crippen LogP) is 2.91. The third-order valence-corrected chi connectivity index (χ3v) is 4.35. The Morgan fingerprint density at radius 1 is 1.00 bits per heavy atom. The molecule has 0 saturated heterocycles. The zero-order chi connectivity index (χ0) is 18.1. The molecule has 132 valence electrons. The molecule has 0 atom stereocenters. The molecule has 1 aromatic carbocycles. The van der Waals surface area contributed by atoms with Crippen LogP contribution >= 0.6 is 0 Å². The molecule has 3 aromatic rings. The van der Waals surface area contributed by atoms with Gasteiger partial charge >= 0.3 is 0 Å². The van der Waals surface area contributed by atoms with Crippen LogP contribution < -0.4 is 0 Å². The van der Waals surface area contributed by atoms with Crippen LogP contribution in [0.2, 0.25) is 0 Å². The Kier molecular flexibility index (Phi) is 4.34. The Bertz CT molecular complexity index is 949. The van der Waals surface area contributed by atoms with Gasteiger partial charge < -0.3 is 0 Å². The van der Waals surface area contributed by atoms with Crippen molar-refractivity contribution in [2.45, 2.75) is 19.5 Å². The van der Waals surface area contributed by atoms with Crippen LogP contribution in [0.5, 0.6) is 0 Å². The van der Waals surface area contributed by atoms with Crippen molar-refractivity contribution >= 4 is 0 Å². The van der Waals surface area contributed by atoms with Crippen molar-refractivity contribution in [1.82, 2.24) is 24.8 Å². The summed E-state index contributed by atoms with van der Waals surface area (Å²) in [5, 5.41) is 0. The lowest BCUT2D eigenvalue weighted by molar-refractivity contribution is 0.234. The van der Waals surface area contributed by atoms with Crippen LogP contribution in [-0.4, -0.2) is 31.4 Å². The first-order valence-electron chi connectivity index (χ1n) is 8.06. The lowest BCUT2D eigenvalue weighted by Gasteiger charge is -2.28. The molecule has 4 rings (SSSR count). The van der Waals surface area contributed by atoms with E-state index in [9.17, 15) is 13.2 Å². The smallest absolute Gasteiger partial charge is 0.166 e. The first kappa shape index (κ1) is 16.6. The fraction of sp³-hybridized carbons (Fsp3) is 0.222. The SMILES string of the molecule is Fc1ccc(F)c(CN2CCc3nc(-c4cncnc4)ncc3C2)c1F. The molecule has 2 aromatic heterocycles. The van der Waals surface area contributed by atoms with Crippen molar-refractivity contribution < 1.29 is 13.2 Å². The van der Waals surface area contributed by atoms with Crippen LogP contribution in [0.3, 0.4) is 0 Å². The summed E-state index contributed by atoms with van der Waals surface area (Å²) in [6.07, 6.45) is 7.02. The third kappa shape index (κ3) is 3.15. The van der Waals surface area contributed by atoms with Gasteiger partial charge in [0, 0.05) is 55.8 Å². The quantitative estimate of drug-likeness (QED) is 0.675. The Balaban J connectivity index is 1.55. The molecule has 0 bridgehead atoms. The van der Waals surface area contributed by atoms with Crippen LogP contribution in [0.25, 0.3) is 11.4 Å². The van der Waals surface area contributed by atoms with Crippen molar-refractivity contribution in [2.24, 2.45) is 0 Å². The number of hydrogen-bond acceptors (Lipinski definition) is 5. The average molecular weight is 357 g/mol. The molecule has 26 heavy (non-hydrogen) atoms. The molecule has 0 radical (unpaired) electrons. The fourth-order valence-corrected chi connectivity index (χ4v) is 3.00. The highest BCUT2D eigenvalue weighted by atomic mass is 19.2. The van der Waals surface area contributed by atoms with Crippen molar-refractivity contribution in [2.75, 3.05) is 6.54 Å². The van der Waals surface area contributed by atoms with E-state index in [-0.39, 0.29) is 12.1 Å². The average Bonchev–Trinajstić information content (AvgIpc) is 2.68. The minimum absolute atomic E-state index is 0.0108. The van der Waals surface area contributed by atoms with E-state index in [1.165, 1.54) is 6.33 Å². The van der Waals surface area contributed by atoms with E-state index in [1.807, 2.05) is 4.90 Å². The highest BCUT2D eigenvalue weighted by Crippen LogP contribution is 2.24. The van der Waals surface area contributed by atoms with E-state index in [1.54, 1.807) is 18.6 Å². The number of aromatic nitrogens is 4. The summed E-state index contributed by atoms with van der Waals surface area (Å²) in [6.45, 7) is 0.990. The second kappa shape index (κ2) is 6.80. The number of benzene rings is 1. The first-order chi connectivity index (χ1) is 12.6. The van der Waals surface area contributed by atoms with E-state index in [4.69, 9.17) is 0 Å². The molecule has 0 amide bonds. The molecule has 0 unspecified atom stereocenters. The molecular formula is C18H14F3N5. The molecule has 1 aliphatic heterocycles. The van der Waals surface area contributed by atoms with Crippen LogP contribution in [0, 0.1) is 17.5 Å². The normalized spacial score (nSPS) is 14.3. The van der Waals surface area contributed by atoms with Gasteiger partial charge in [0.25, 0.3) is 0 Å². The Morgan fingerprint density at radius 3 is 2.58 bits per heavy atom. The van der Waals surface area contributed by atoms with Crippen molar-refractivity contribution in [3.05, 3.63) is 71.3 Å². The maximum Gasteiger partial charge on any atom is 0.166 e. The highest BCUT2D eigenvalue weighted by Gasteiger charge is 2.22. The summed E-state index contributed by atoms with van der Waals surface area (Å²) in [6, 6.07) is 1.74. The lowest BCUT2D eigenvalue weighted by Crippen LogP contribution is -2.31. The molecule has 0 fully saturated rings. The largest absolute Gasteiger partial charge is 0.294 e. The third-order valence-electron chi connectivity index (χ3n) is 4.35. The molecule has 0 N–H and O–H groups in total. The van der Waals surface area contributed by atoms with Crippen LogP contribution in [0.1, 0.15) is 16.8 Å². The summed E-state index contributed by atoms with van der Waals surface area (Å²) in [5.74, 6) is -2.38. The fourth-order valence-electron chi connectivity index (χ4n) is 3.00. The number of nitrogens with zero attached hydrogens (tertiary/aromatic N) is 5. The molecule has 0 aliphatic carbocycles. The zero-order valence-electron chi connectivity index (χ0n) is 13.7. The van der Waals surface area contributed by atoms with Gasteiger partial charge in [0.15, 0.2) is 17.5 Å². The van der Waals surface area contributed by atoms with Gasteiger partial charge in [0.05, 0.1) is 11.3 Å². The van der Waals surface area contributed by atoms with E-state index in [0.29, 0.717) is 25.3 Å². The predicted molar refractivity (Wildman–Crippen MR) is 87.2 cm³/mol. The minimum Gasteiger partial charge on any atom is -0.294 e. The maximum absolute atomic E-state index is 13.9. The van der Waals surface area contributed by atoms with Crippen LogP contribution in [-0.2, 0) is 19.5 Å². The molecule has 1 aliphatic rings. The molecule has 8 heteroatoms. The van der Waals surface area contributed by atoms with Gasteiger partial charge in [-0.1, -0.05) is 0 Å². The van der Waals surface area contributed by atoms with E-state index < -0.39 is 17.5 Å². The number of rotatable bonds is 3. The van der Waals surface area contributed by atoms with Crippen molar-refractivity contribution in [3.8, 4) is 11.4 Å². The molecular weight excluding hydrogens is 343 g/mol. The Morgan fingerprint density at radius 2 is 1.77 bits per heavy atom. The van der Waals surface area contributed by atoms with E-state index in [0.717, 1.165) is 29.0 Å². The number of halogens is 3. The Labute approximate surface area is 147 Å². The van der Waals surface area contributed by atoms with Gasteiger partial charge in [-0.3, -0.25) is 4.90 Å². The lowest BCUT2D eigenvalue weighted by atomic mass is 10.1. The summed E-state index contributed by atoms with van der Waals surface area (Å²) >= 11 is 0. The van der Waals surface area contributed by atoms with Gasteiger partial charge in [0.2, 0.25) is 0 Å². The van der Waals surface area contributed by atoms with E-state index in [2.05, 4.69) is 19.9 Å². The second-order valence-corrected chi connectivity index (χ2v) is 6.08. The van der Waals surface area contributed by atoms with Gasteiger partial charge in [-0.15, -0.1) is 0 Å². The summed E-state index contributed by atoms with van der Waals surface area (Å²) in [5.41, 5.74) is 2.23. The van der Waals surface area contributed by atoms with Crippen LogP contribution in [0.4, 0.5) is 13.2 Å².